The lowest BCUT2D eigenvalue weighted by atomic mass is 9.96. The normalized spacial score (nSPS) is 19.0. The number of nitrogens with zero attached hydrogens (tertiary/aromatic N) is 1. The Balaban J connectivity index is 1.98. The summed E-state index contributed by atoms with van der Waals surface area (Å²) in [5, 5.41) is 11.9. The highest BCUT2D eigenvalue weighted by atomic mass is 16.4. The summed E-state index contributed by atoms with van der Waals surface area (Å²) in [6, 6.07) is 7.58. The number of benzene rings is 1. The molecule has 124 valence electrons. The third-order valence-corrected chi connectivity index (χ3v) is 4.00. The summed E-state index contributed by atoms with van der Waals surface area (Å²) < 4.78 is 0. The van der Waals surface area contributed by atoms with Gasteiger partial charge in [-0.15, -0.1) is 0 Å². The lowest BCUT2D eigenvalue weighted by molar-refractivity contribution is -0.142. The number of nitrogens with one attached hydrogen (secondary N) is 1. The molecule has 0 bridgehead atoms. The van der Waals surface area contributed by atoms with Crippen LogP contribution in [0.25, 0.3) is 0 Å². The highest BCUT2D eigenvalue weighted by Gasteiger charge is 2.30. The van der Waals surface area contributed by atoms with Crippen LogP contribution in [0.5, 0.6) is 0 Å². The zero-order valence-corrected chi connectivity index (χ0v) is 12.8. The Morgan fingerprint density at radius 2 is 2.00 bits per heavy atom. The maximum Gasteiger partial charge on any atom is 0.326 e. The molecule has 1 aromatic rings. The number of aliphatic carboxylic acids is 1. The lowest BCUT2D eigenvalue weighted by Crippen LogP contribution is -2.50. The highest BCUT2D eigenvalue weighted by molar-refractivity contribution is 5.86. The predicted molar refractivity (Wildman–Crippen MR) is 83.6 cm³/mol. The molecule has 2 atom stereocenters. The number of amides is 3. The van der Waals surface area contributed by atoms with Crippen molar-refractivity contribution >= 4 is 17.9 Å². The average molecular weight is 319 g/mol. The number of likely N-dealkylation sites (tertiary alicyclic amines) is 1. The molecule has 0 saturated carbocycles. The van der Waals surface area contributed by atoms with Gasteiger partial charge >= 0.3 is 12.0 Å². The number of primary amides is 1. The Bertz CT molecular complexity index is 576. The van der Waals surface area contributed by atoms with E-state index in [0.717, 1.165) is 5.56 Å². The molecule has 0 aliphatic carbocycles. The third-order valence-electron chi connectivity index (χ3n) is 4.00. The van der Waals surface area contributed by atoms with Crippen LogP contribution in [0.2, 0.25) is 0 Å². The van der Waals surface area contributed by atoms with Gasteiger partial charge in [0.2, 0.25) is 5.91 Å². The number of hydrogen-bond acceptors (Lipinski definition) is 3. The lowest BCUT2D eigenvalue weighted by Gasteiger charge is -2.31. The molecule has 7 nitrogen and oxygen atoms in total. The van der Waals surface area contributed by atoms with E-state index in [1.807, 2.05) is 30.3 Å². The molecule has 1 fully saturated rings. The quantitative estimate of drug-likeness (QED) is 0.737. The summed E-state index contributed by atoms with van der Waals surface area (Å²) >= 11 is 0. The second-order valence-corrected chi connectivity index (χ2v) is 5.71. The molecule has 3 amide bonds. The van der Waals surface area contributed by atoms with E-state index in [4.69, 9.17) is 5.73 Å². The SMILES string of the molecule is NC(=O)N1CCC[C@@H](C(=O)N[C@H](Cc2ccccc2)C(=O)O)C1. The first-order chi connectivity index (χ1) is 11.0. The maximum atomic E-state index is 12.3. The van der Waals surface area contributed by atoms with E-state index in [1.54, 1.807) is 0 Å². The summed E-state index contributed by atoms with van der Waals surface area (Å²) in [4.78, 5) is 36.3. The molecule has 1 saturated heterocycles. The van der Waals surface area contributed by atoms with Crippen LogP contribution in [-0.4, -0.2) is 47.0 Å². The van der Waals surface area contributed by atoms with Crippen LogP contribution in [-0.2, 0) is 16.0 Å². The van der Waals surface area contributed by atoms with E-state index in [9.17, 15) is 19.5 Å². The van der Waals surface area contributed by atoms with Crippen LogP contribution >= 0.6 is 0 Å². The van der Waals surface area contributed by atoms with Gasteiger partial charge in [0.25, 0.3) is 0 Å². The summed E-state index contributed by atoms with van der Waals surface area (Å²) in [5.41, 5.74) is 6.08. The minimum absolute atomic E-state index is 0.216. The first-order valence-corrected chi connectivity index (χ1v) is 7.59. The minimum atomic E-state index is -1.08. The van der Waals surface area contributed by atoms with E-state index < -0.39 is 24.0 Å². The molecule has 1 aliphatic rings. The molecule has 0 radical (unpaired) electrons. The fourth-order valence-electron chi connectivity index (χ4n) is 2.73. The van der Waals surface area contributed by atoms with Gasteiger partial charge in [0.15, 0.2) is 0 Å². The molecular formula is C16H21N3O4. The molecule has 1 aromatic carbocycles. The second-order valence-electron chi connectivity index (χ2n) is 5.71. The second kappa shape index (κ2) is 7.62. The van der Waals surface area contributed by atoms with E-state index in [2.05, 4.69) is 5.32 Å². The van der Waals surface area contributed by atoms with Gasteiger partial charge in [-0.3, -0.25) is 4.79 Å². The van der Waals surface area contributed by atoms with Crippen molar-refractivity contribution in [2.75, 3.05) is 13.1 Å². The number of urea groups is 1. The fourth-order valence-corrected chi connectivity index (χ4v) is 2.73. The Hall–Kier alpha value is -2.57. The Morgan fingerprint density at radius 1 is 1.30 bits per heavy atom. The fraction of sp³-hybridized carbons (Fsp3) is 0.438. The van der Waals surface area contributed by atoms with Gasteiger partial charge in [-0.05, 0) is 18.4 Å². The molecule has 1 heterocycles. The maximum absolute atomic E-state index is 12.3. The van der Waals surface area contributed by atoms with Crippen molar-refractivity contribution in [2.24, 2.45) is 11.7 Å². The van der Waals surface area contributed by atoms with Crippen LogP contribution in [0.1, 0.15) is 18.4 Å². The first kappa shape index (κ1) is 16.8. The number of carbonyl (C=O) groups is 3. The molecule has 4 N–H and O–H groups in total. The van der Waals surface area contributed by atoms with Crippen LogP contribution in [0, 0.1) is 5.92 Å². The molecule has 7 heteroatoms. The minimum Gasteiger partial charge on any atom is -0.480 e. The summed E-state index contributed by atoms with van der Waals surface area (Å²) in [6.45, 7) is 0.768. The Kier molecular flexibility index (Phi) is 5.56. The van der Waals surface area contributed by atoms with Gasteiger partial charge in [-0.1, -0.05) is 30.3 Å². The van der Waals surface area contributed by atoms with Gasteiger partial charge in [0.05, 0.1) is 5.92 Å². The number of nitrogens with two attached hydrogens (primary N) is 1. The van der Waals surface area contributed by atoms with Crippen LogP contribution in [0.3, 0.4) is 0 Å². The van der Waals surface area contributed by atoms with Crippen LogP contribution < -0.4 is 11.1 Å². The monoisotopic (exact) mass is 319 g/mol. The van der Waals surface area contributed by atoms with Crippen molar-refractivity contribution in [1.29, 1.82) is 0 Å². The number of piperidine rings is 1. The van der Waals surface area contributed by atoms with Crippen molar-refractivity contribution in [1.82, 2.24) is 10.2 Å². The summed E-state index contributed by atoms with van der Waals surface area (Å²) in [6.07, 6.45) is 1.51. The van der Waals surface area contributed by atoms with Crippen molar-refractivity contribution in [2.45, 2.75) is 25.3 Å². The van der Waals surface area contributed by atoms with E-state index in [1.165, 1.54) is 4.90 Å². The largest absolute Gasteiger partial charge is 0.480 e. The van der Waals surface area contributed by atoms with Crippen LogP contribution in [0.15, 0.2) is 30.3 Å². The molecule has 2 rings (SSSR count). The number of carboxylic acid groups (broad SMARTS) is 1. The van der Waals surface area contributed by atoms with Crippen molar-refractivity contribution in [3.63, 3.8) is 0 Å². The van der Waals surface area contributed by atoms with Crippen LogP contribution in [0.4, 0.5) is 4.79 Å². The predicted octanol–water partition coefficient (Wildman–Crippen LogP) is 0.589. The van der Waals surface area contributed by atoms with Gasteiger partial charge < -0.3 is 21.1 Å². The number of carbonyl (C=O) groups excluding carboxylic acids is 2. The number of hydrogen-bond donors (Lipinski definition) is 3. The molecule has 0 spiro atoms. The van der Waals surface area contributed by atoms with Crippen molar-refractivity contribution in [3.8, 4) is 0 Å². The Morgan fingerprint density at radius 3 is 2.61 bits per heavy atom. The van der Waals surface area contributed by atoms with Crippen molar-refractivity contribution < 1.29 is 19.5 Å². The number of carboxylic acids is 1. The molecule has 0 aromatic heterocycles. The third kappa shape index (κ3) is 4.70. The van der Waals surface area contributed by atoms with Gasteiger partial charge in [-0.25, -0.2) is 9.59 Å². The number of rotatable bonds is 5. The van der Waals surface area contributed by atoms with E-state index in [-0.39, 0.29) is 18.9 Å². The average Bonchev–Trinajstić information content (AvgIpc) is 2.55. The van der Waals surface area contributed by atoms with E-state index >= 15 is 0 Å². The van der Waals surface area contributed by atoms with Gasteiger partial charge in [0, 0.05) is 19.5 Å². The highest BCUT2D eigenvalue weighted by Crippen LogP contribution is 2.17. The molecule has 1 aliphatic heterocycles. The smallest absolute Gasteiger partial charge is 0.326 e. The first-order valence-electron chi connectivity index (χ1n) is 7.59. The topological polar surface area (TPSA) is 113 Å². The molecular weight excluding hydrogens is 298 g/mol. The standard InChI is InChI=1S/C16H21N3O4/c17-16(23)19-8-4-7-12(10-19)14(20)18-13(15(21)22)9-11-5-2-1-3-6-11/h1-3,5-6,12-13H,4,7-10H2,(H2,17,23)(H,18,20)(H,21,22)/t12-,13-/m1/s1. The van der Waals surface area contributed by atoms with Gasteiger partial charge in [-0.2, -0.15) is 0 Å². The van der Waals surface area contributed by atoms with E-state index in [0.29, 0.717) is 19.4 Å². The van der Waals surface area contributed by atoms with Crippen molar-refractivity contribution in [3.05, 3.63) is 35.9 Å². The van der Waals surface area contributed by atoms with Gasteiger partial charge in [0.1, 0.15) is 6.04 Å². The Labute approximate surface area is 134 Å². The zero-order chi connectivity index (χ0) is 16.8. The summed E-state index contributed by atoms with van der Waals surface area (Å²) in [5.74, 6) is -1.85. The zero-order valence-electron chi connectivity index (χ0n) is 12.8. The molecule has 23 heavy (non-hydrogen) atoms. The molecule has 0 unspecified atom stereocenters. The summed E-state index contributed by atoms with van der Waals surface area (Å²) in [7, 11) is 0.